The van der Waals surface area contributed by atoms with Crippen molar-refractivity contribution in [3.05, 3.63) is 0 Å². The van der Waals surface area contributed by atoms with Crippen LogP contribution in [0.25, 0.3) is 0 Å². The summed E-state index contributed by atoms with van der Waals surface area (Å²) in [5.74, 6) is 6.81. The Balaban J connectivity index is 2.77. The molecule has 0 amide bonds. The zero-order valence-corrected chi connectivity index (χ0v) is 11.8. The zero-order valence-electron chi connectivity index (χ0n) is 11.8. The van der Waals surface area contributed by atoms with E-state index in [1.807, 2.05) is 25.7 Å². The number of hydrogen-bond acceptors (Lipinski definition) is 8. The quantitative estimate of drug-likeness (QED) is 0.337. The number of ether oxygens (including phenoxy) is 1. The molecule has 0 aromatic carbocycles. The van der Waals surface area contributed by atoms with E-state index in [1.165, 1.54) is 0 Å². The van der Waals surface area contributed by atoms with Gasteiger partial charge in [0.15, 0.2) is 0 Å². The molecule has 0 aliphatic heterocycles. The van der Waals surface area contributed by atoms with Crippen LogP contribution >= 0.6 is 0 Å². The summed E-state index contributed by atoms with van der Waals surface area (Å²) < 4.78 is 5.25. The number of rotatable bonds is 9. The van der Waals surface area contributed by atoms with Crippen LogP contribution in [-0.2, 0) is 4.74 Å². The Morgan fingerprint density at radius 2 is 1.79 bits per heavy atom. The SMILES string of the molecule is CCOCCNc1nc(NN)nc(N(CC)CC)n1. The average Bonchev–Trinajstić information content (AvgIpc) is 2.45. The van der Waals surface area contributed by atoms with Crippen molar-refractivity contribution >= 4 is 17.8 Å². The summed E-state index contributed by atoms with van der Waals surface area (Å²) in [5, 5.41) is 3.09. The predicted octanol–water partition coefficient (Wildman–Crippen LogP) is 0.452. The molecule has 108 valence electrons. The molecule has 4 N–H and O–H groups in total. The minimum Gasteiger partial charge on any atom is -0.380 e. The number of hydrazine groups is 1. The van der Waals surface area contributed by atoms with Crippen LogP contribution < -0.4 is 21.5 Å². The van der Waals surface area contributed by atoms with Gasteiger partial charge in [0.1, 0.15) is 0 Å². The molecule has 0 fully saturated rings. The van der Waals surface area contributed by atoms with Crippen LogP contribution in [0.2, 0.25) is 0 Å². The van der Waals surface area contributed by atoms with E-state index >= 15 is 0 Å². The molecular formula is C11H23N7O. The number of hydrogen-bond donors (Lipinski definition) is 3. The average molecular weight is 269 g/mol. The van der Waals surface area contributed by atoms with Gasteiger partial charge in [-0.25, -0.2) is 5.84 Å². The number of aromatic nitrogens is 3. The van der Waals surface area contributed by atoms with Crippen molar-refractivity contribution in [3.8, 4) is 0 Å². The maximum absolute atomic E-state index is 5.37. The molecule has 1 rings (SSSR count). The highest BCUT2D eigenvalue weighted by Crippen LogP contribution is 2.12. The molecule has 0 aliphatic rings. The minimum absolute atomic E-state index is 0.343. The molecule has 0 radical (unpaired) electrons. The Morgan fingerprint density at radius 1 is 1.11 bits per heavy atom. The van der Waals surface area contributed by atoms with Gasteiger partial charge >= 0.3 is 0 Å². The standard InChI is InChI=1S/C11H23N7O/c1-4-18(5-2)11-15-9(13-7-8-19-6-3)14-10(16-11)17-12/h4-8,12H2,1-3H3,(H2,13,14,15,16,17). The van der Waals surface area contributed by atoms with Crippen LogP contribution in [-0.4, -0.2) is 47.8 Å². The molecule has 8 heteroatoms. The lowest BCUT2D eigenvalue weighted by Gasteiger charge is -2.19. The first kappa shape index (κ1) is 15.4. The molecule has 8 nitrogen and oxygen atoms in total. The third-order valence-electron chi connectivity index (χ3n) is 2.53. The van der Waals surface area contributed by atoms with Crippen molar-refractivity contribution in [3.63, 3.8) is 0 Å². The number of anilines is 3. The highest BCUT2D eigenvalue weighted by atomic mass is 16.5. The van der Waals surface area contributed by atoms with Gasteiger partial charge in [-0.05, 0) is 20.8 Å². The van der Waals surface area contributed by atoms with Gasteiger partial charge in [0, 0.05) is 26.2 Å². The Morgan fingerprint density at radius 3 is 2.37 bits per heavy atom. The largest absolute Gasteiger partial charge is 0.380 e. The summed E-state index contributed by atoms with van der Waals surface area (Å²) in [6, 6.07) is 0. The lowest BCUT2D eigenvalue weighted by Crippen LogP contribution is -2.26. The second-order valence-electron chi connectivity index (χ2n) is 3.72. The zero-order chi connectivity index (χ0) is 14.1. The van der Waals surface area contributed by atoms with E-state index < -0.39 is 0 Å². The van der Waals surface area contributed by atoms with E-state index in [0.29, 0.717) is 37.6 Å². The summed E-state index contributed by atoms with van der Waals surface area (Å²) in [4.78, 5) is 14.8. The van der Waals surface area contributed by atoms with Gasteiger partial charge in [0.25, 0.3) is 0 Å². The lowest BCUT2D eigenvalue weighted by molar-refractivity contribution is 0.158. The van der Waals surface area contributed by atoms with Gasteiger partial charge in [-0.15, -0.1) is 0 Å². The first-order chi connectivity index (χ1) is 9.24. The van der Waals surface area contributed by atoms with Crippen LogP contribution in [0.15, 0.2) is 0 Å². The van der Waals surface area contributed by atoms with Crippen molar-refractivity contribution in [1.82, 2.24) is 15.0 Å². The second-order valence-corrected chi connectivity index (χ2v) is 3.72. The smallest absolute Gasteiger partial charge is 0.243 e. The molecular weight excluding hydrogens is 246 g/mol. The molecule has 1 aromatic rings. The van der Waals surface area contributed by atoms with E-state index in [1.54, 1.807) is 0 Å². The Labute approximate surface area is 113 Å². The Hall–Kier alpha value is -1.67. The molecule has 0 saturated heterocycles. The van der Waals surface area contributed by atoms with E-state index in [4.69, 9.17) is 10.6 Å². The number of nitrogens with zero attached hydrogens (tertiary/aromatic N) is 4. The maximum Gasteiger partial charge on any atom is 0.243 e. The fourth-order valence-corrected chi connectivity index (χ4v) is 1.54. The fourth-order valence-electron chi connectivity index (χ4n) is 1.54. The Kier molecular flexibility index (Phi) is 6.83. The third kappa shape index (κ3) is 4.84. The molecule has 0 atom stereocenters. The van der Waals surface area contributed by atoms with Crippen LogP contribution in [0, 0.1) is 0 Å². The summed E-state index contributed by atoms with van der Waals surface area (Å²) >= 11 is 0. The summed E-state index contributed by atoms with van der Waals surface area (Å²) in [7, 11) is 0. The summed E-state index contributed by atoms with van der Waals surface area (Å²) in [6.45, 7) is 9.63. The van der Waals surface area contributed by atoms with Crippen LogP contribution in [0.3, 0.4) is 0 Å². The Bertz CT molecular complexity index is 370. The first-order valence-corrected chi connectivity index (χ1v) is 6.54. The van der Waals surface area contributed by atoms with Gasteiger partial charge in [-0.3, -0.25) is 5.43 Å². The van der Waals surface area contributed by atoms with Crippen molar-refractivity contribution < 1.29 is 4.74 Å². The molecule has 0 spiro atoms. The van der Waals surface area contributed by atoms with Gasteiger partial charge in [-0.1, -0.05) is 0 Å². The molecule has 0 bridgehead atoms. The lowest BCUT2D eigenvalue weighted by atomic mass is 10.5. The highest BCUT2D eigenvalue weighted by molar-refractivity contribution is 5.43. The molecule has 0 saturated carbocycles. The van der Waals surface area contributed by atoms with Gasteiger partial charge in [0.2, 0.25) is 17.8 Å². The number of nitrogens with two attached hydrogens (primary N) is 1. The summed E-state index contributed by atoms with van der Waals surface area (Å²) in [5.41, 5.74) is 2.45. The van der Waals surface area contributed by atoms with E-state index in [-0.39, 0.29) is 0 Å². The monoisotopic (exact) mass is 269 g/mol. The predicted molar refractivity (Wildman–Crippen MR) is 76.2 cm³/mol. The molecule has 19 heavy (non-hydrogen) atoms. The van der Waals surface area contributed by atoms with Crippen LogP contribution in [0.1, 0.15) is 20.8 Å². The van der Waals surface area contributed by atoms with Gasteiger partial charge in [-0.2, -0.15) is 15.0 Å². The topological polar surface area (TPSA) is 101 Å². The third-order valence-corrected chi connectivity index (χ3v) is 2.53. The van der Waals surface area contributed by atoms with Gasteiger partial charge in [0.05, 0.1) is 6.61 Å². The van der Waals surface area contributed by atoms with E-state index in [0.717, 1.165) is 13.1 Å². The maximum atomic E-state index is 5.37. The molecule has 0 aliphatic carbocycles. The number of nitrogens with one attached hydrogen (secondary N) is 2. The van der Waals surface area contributed by atoms with Crippen molar-refractivity contribution in [1.29, 1.82) is 0 Å². The van der Waals surface area contributed by atoms with Gasteiger partial charge < -0.3 is 15.0 Å². The molecule has 1 heterocycles. The fraction of sp³-hybridized carbons (Fsp3) is 0.727. The molecule has 1 aromatic heterocycles. The number of nitrogen functional groups attached to an aromatic ring is 1. The van der Waals surface area contributed by atoms with Crippen molar-refractivity contribution in [2.24, 2.45) is 5.84 Å². The summed E-state index contributed by atoms with van der Waals surface area (Å²) in [6.07, 6.45) is 0. The molecule has 0 unspecified atom stereocenters. The van der Waals surface area contributed by atoms with Crippen molar-refractivity contribution in [2.45, 2.75) is 20.8 Å². The van der Waals surface area contributed by atoms with E-state index in [2.05, 4.69) is 25.7 Å². The van der Waals surface area contributed by atoms with Crippen LogP contribution in [0.5, 0.6) is 0 Å². The highest BCUT2D eigenvalue weighted by Gasteiger charge is 2.10. The minimum atomic E-state index is 0.343. The first-order valence-electron chi connectivity index (χ1n) is 6.54. The van der Waals surface area contributed by atoms with E-state index in [9.17, 15) is 0 Å². The van der Waals surface area contributed by atoms with Crippen molar-refractivity contribution in [2.75, 3.05) is 48.5 Å². The normalized spacial score (nSPS) is 10.3. The second kappa shape index (κ2) is 8.44. The van der Waals surface area contributed by atoms with Crippen LogP contribution in [0.4, 0.5) is 17.8 Å².